The van der Waals surface area contributed by atoms with Gasteiger partial charge in [0.25, 0.3) is 5.91 Å². The van der Waals surface area contributed by atoms with Gasteiger partial charge in [0.05, 0.1) is 23.3 Å². The summed E-state index contributed by atoms with van der Waals surface area (Å²) in [6.07, 6.45) is 8.64. The molecule has 6 heteroatoms. The molecule has 1 amide bonds. The molecule has 0 unspecified atom stereocenters. The first-order chi connectivity index (χ1) is 12.2. The first kappa shape index (κ1) is 16.4. The van der Waals surface area contributed by atoms with Crippen molar-refractivity contribution in [1.29, 1.82) is 0 Å². The average molecular weight is 344 g/mol. The number of H-pyrrole nitrogens is 1. The second kappa shape index (κ2) is 7.04. The van der Waals surface area contributed by atoms with E-state index in [0.717, 1.165) is 12.8 Å². The van der Waals surface area contributed by atoms with Crippen molar-refractivity contribution in [2.24, 2.45) is 0 Å². The number of oxazole rings is 1. The first-order valence-corrected chi connectivity index (χ1v) is 9.27. The van der Waals surface area contributed by atoms with Gasteiger partial charge in [-0.3, -0.25) is 9.78 Å². The Morgan fingerprint density at radius 1 is 1.08 bits per heavy atom. The lowest BCUT2D eigenvalue weighted by atomic mass is 9.97. The lowest BCUT2D eigenvalue weighted by Crippen LogP contribution is -2.42. The van der Waals surface area contributed by atoms with E-state index in [1.54, 1.807) is 18.2 Å². The molecule has 1 aliphatic heterocycles. The van der Waals surface area contributed by atoms with E-state index in [4.69, 9.17) is 9.15 Å². The van der Waals surface area contributed by atoms with Crippen LogP contribution in [0.2, 0.25) is 0 Å². The Kier molecular flexibility index (Phi) is 4.61. The van der Waals surface area contributed by atoms with Gasteiger partial charge in [-0.2, -0.15) is 0 Å². The zero-order valence-corrected chi connectivity index (χ0v) is 14.3. The Hall–Kier alpha value is -2.08. The number of hydrogen-bond acceptors (Lipinski definition) is 4. The standard InChI is InChI=1S/C19H24N2O4/c22-18(15-7-4-8-16-17(15)20-19(23)25-16)21-11-9-14(10-12-21)24-13-5-2-1-3-6-13/h4,7-8,13-14H,1-3,5-6,9-12H2,(H,20,23). The average Bonchev–Trinajstić information content (AvgIpc) is 3.03. The number of carbonyl (C=O) groups is 1. The van der Waals surface area contributed by atoms with E-state index < -0.39 is 5.76 Å². The van der Waals surface area contributed by atoms with Crippen LogP contribution in [0.5, 0.6) is 0 Å². The Bertz CT molecular complexity index is 795. The SMILES string of the molecule is O=C(c1cccc2oc(=O)[nH]c12)N1CCC(OC2CCCCC2)CC1. The fraction of sp³-hybridized carbons (Fsp3) is 0.579. The molecule has 0 radical (unpaired) electrons. The van der Waals surface area contributed by atoms with Crippen LogP contribution in [0.1, 0.15) is 55.3 Å². The summed E-state index contributed by atoms with van der Waals surface area (Å²) in [7, 11) is 0. The number of ether oxygens (including phenoxy) is 1. The third-order valence-corrected chi connectivity index (χ3v) is 5.35. The van der Waals surface area contributed by atoms with Crippen LogP contribution in [0.4, 0.5) is 0 Å². The molecule has 0 spiro atoms. The maximum absolute atomic E-state index is 12.8. The Morgan fingerprint density at radius 2 is 1.80 bits per heavy atom. The zero-order valence-electron chi connectivity index (χ0n) is 14.3. The molecule has 1 N–H and O–H groups in total. The number of para-hydroxylation sites is 1. The summed E-state index contributed by atoms with van der Waals surface area (Å²) >= 11 is 0. The fourth-order valence-electron chi connectivity index (χ4n) is 3.99. The van der Waals surface area contributed by atoms with Gasteiger partial charge in [0.15, 0.2) is 5.58 Å². The molecule has 0 atom stereocenters. The van der Waals surface area contributed by atoms with E-state index in [1.807, 2.05) is 4.90 Å². The zero-order chi connectivity index (χ0) is 17.2. The molecule has 2 heterocycles. The molecule has 1 saturated heterocycles. The van der Waals surface area contributed by atoms with E-state index in [0.29, 0.717) is 35.9 Å². The molecule has 0 bridgehead atoms. The van der Waals surface area contributed by atoms with Crippen LogP contribution in [0.25, 0.3) is 11.1 Å². The van der Waals surface area contributed by atoms with Gasteiger partial charge in [-0.15, -0.1) is 0 Å². The molecule has 2 fully saturated rings. The number of nitrogens with zero attached hydrogens (tertiary/aromatic N) is 1. The largest absolute Gasteiger partial charge is 0.417 e. The minimum atomic E-state index is -0.533. The molecule has 2 aromatic rings. The molecule has 25 heavy (non-hydrogen) atoms. The third-order valence-electron chi connectivity index (χ3n) is 5.35. The van der Waals surface area contributed by atoms with Gasteiger partial charge in [0.2, 0.25) is 0 Å². The molecule has 134 valence electrons. The normalized spacial score (nSPS) is 20.2. The van der Waals surface area contributed by atoms with Crippen LogP contribution in [0.3, 0.4) is 0 Å². The lowest BCUT2D eigenvalue weighted by Gasteiger charge is -2.35. The van der Waals surface area contributed by atoms with E-state index in [-0.39, 0.29) is 12.0 Å². The molecular weight excluding hydrogens is 320 g/mol. The molecule has 1 saturated carbocycles. The number of nitrogens with one attached hydrogen (secondary N) is 1. The van der Waals surface area contributed by atoms with Crippen molar-refractivity contribution in [3.63, 3.8) is 0 Å². The van der Waals surface area contributed by atoms with Crippen LogP contribution in [-0.4, -0.2) is 41.1 Å². The molecule has 1 aliphatic carbocycles. The number of rotatable bonds is 3. The van der Waals surface area contributed by atoms with Gasteiger partial charge in [0.1, 0.15) is 0 Å². The van der Waals surface area contributed by atoms with Crippen molar-refractivity contribution in [3.05, 3.63) is 34.3 Å². The highest BCUT2D eigenvalue weighted by Gasteiger charge is 2.27. The molecule has 6 nitrogen and oxygen atoms in total. The Balaban J connectivity index is 1.40. The van der Waals surface area contributed by atoms with Gasteiger partial charge in [0, 0.05) is 13.1 Å². The van der Waals surface area contributed by atoms with Crippen molar-refractivity contribution >= 4 is 17.0 Å². The summed E-state index contributed by atoms with van der Waals surface area (Å²) in [5.74, 6) is -0.589. The number of aromatic amines is 1. The van der Waals surface area contributed by atoms with E-state index in [1.165, 1.54) is 32.1 Å². The summed E-state index contributed by atoms with van der Waals surface area (Å²) in [6, 6.07) is 5.17. The summed E-state index contributed by atoms with van der Waals surface area (Å²) in [4.78, 5) is 28.7. The van der Waals surface area contributed by atoms with Crippen molar-refractivity contribution in [2.75, 3.05) is 13.1 Å². The van der Waals surface area contributed by atoms with Crippen LogP contribution < -0.4 is 5.76 Å². The smallest absolute Gasteiger partial charge is 0.408 e. The number of fused-ring (bicyclic) bond motifs is 1. The minimum Gasteiger partial charge on any atom is -0.408 e. The van der Waals surface area contributed by atoms with Gasteiger partial charge < -0.3 is 14.1 Å². The number of benzene rings is 1. The number of likely N-dealkylation sites (tertiary alicyclic amines) is 1. The molecule has 4 rings (SSSR count). The van der Waals surface area contributed by atoms with E-state index in [9.17, 15) is 9.59 Å². The topological polar surface area (TPSA) is 75.5 Å². The van der Waals surface area contributed by atoms with Gasteiger partial charge >= 0.3 is 5.76 Å². The summed E-state index contributed by atoms with van der Waals surface area (Å²) in [5.41, 5.74) is 1.40. The molecule has 2 aliphatic rings. The van der Waals surface area contributed by atoms with E-state index in [2.05, 4.69) is 4.98 Å². The predicted molar refractivity (Wildman–Crippen MR) is 93.7 cm³/mol. The molecule has 1 aromatic heterocycles. The monoisotopic (exact) mass is 344 g/mol. The Labute approximate surface area is 146 Å². The highest BCUT2D eigenvalue weighted by atomic mass is 16.5. The van der Waals surface area contributed by atoms with Crippen LogP contribution in [0, 0.1) is 0 Å². The van der Waals surface area contributed by atoms with E-state index >= 15 is 0 Å². The second-order valence-electron chi connectivity index (χ2n) is 7.08. The Morgan fingerprint density at radius 3 is 2.56 bits per heavy atom. The summed E-state index contributed by atoms with van der Waals surface area (Å²) < 4.78 is 11.3. The van der Waals surface area contributed by atoms with Crippen molar-refractivity contribution < 1.29 is 13.9 Å². The first-order valence-electron chi connectivity index (χ1n) is 9.27. The summed E-state index contributed by atoms with van der Waals surface area (Å²) in [6.45, 7) is 1.38. The van der Waals surface area contributed by atoms with Crippen LogP contribution >= 0.6 is 0 Å². The number of amides is 1. The second-order valence-corrected chi connectivity index (χ2v) is 7.08. The molecule has 1 aromatic carbocycles. The third kappa shape index (κ3) is 3.49. The van der Waals surface area contributed by atoms with Gasteiger partial charge in [-0.25, -0.2) is 4.79 Å². The van der Waals surface area contributed by atoms with Crippen molar-refractivity contribution in [2.45, 2.75) is 57.2 Å². The number of hydrogen-bond donors (Lipinski definition) is 1. The van der Waals surface area contributed by atoms with Crippen molar-refractivity contribution in [3.8, 4) is 0 Å². The highest BCUT2D eigenvalue weighted by Crippen LogP contribution is 2.26. The van der Waals surface area contributed by atoms with Crippen LogP contribution in [0.15, 0.2) is 27.4 Å². The summed E-state index contributed by atoms with van der Waals surface area (Å²) in [5, 5.41) is 0. The number of piperidine rings is 1. The maximum atomic E-state index is 12.8. The highest BCUT2D eigenvalue weighted by molar-refractivity contribution is 6.04. The van der Waals surface area contributed by atoms with Crippen molar-refractivity contribution in [1.82, 2.24) is 9.88 Å². The van der Waals surface area contributed by atoms with Gasteiger partial charge in [-0.05, 0) is 37.8 Å². The van der Waals surface area contributed by atoms with Crippen LogP contribution in [-0.2, 0) is 4.74 Å². The van der Waals surface area contributed by atoms with Gasteiger partial charge in [-0.1, -0.05) is 25.3 Å². The predicted octanol–water partition coefficient (Wildman–Crippen LogP) is 3.08. The number of carbonyl (C=O) groups excluding carboxylic acids is 1. The lowest BCUT2D eigenvalue weighted by molar-refractivity contribution is -0.0526. The minimum absolute atomic E-state index is 0.0567. The quantitative estimate of drug-likeness (QED) is 0.928. The number of aromatic nitrogens is 1. The maximum Gasteiger partial charge on any atom is 0.417 e. The molecular formula is C19H24N2O4. The fourth-order valence-corrected chi connectivity index (χ4v) is 3.99.